The van der Waals surface area contributed by atoms with Gasteiger partial charge in [-0.15, -0.1) is 0 Å². The van der Waals surface area contributed by atoms with Gasteiger partial charge in [-0.2, -0.15) is 0 Å². The lowest BCUT2D eigenvalue weighted by atomic mass is 10.1. The third kappa shape index (κ3) is 3.92. The molecule has 13 heavy (non-hydrogen) atoms. The third-order valence-corrected chi connectivity index (χ3v) is 2.79. The highest BCUT2D eigenvalue weighted by Gasteiger charge is 2.05. The van der Waals surface area contributed by atoms with E-state index in [1.54, 1.807) is 5.57 Å². The molecular formula is C11H22N2. The summed E-state index contributed by atoms with van der Waals surface area (Å²) in [5.74, 6) is 0. The second-order valence-corrected chi connectivity index (χ2v) is 3.80. The van der Waals surface area contributed by atoms with Crippen LogP contribution in [0.25, 0.3) is 0 Å². The molecule has 0 fully saturated rings. The van der Waals surface area contributed by atoms with Gasteiger partial charge in [0.2, 0.25) is 0 Å². The van der Waals surface area contributed by atoms with Crippen molar-refractivity contribution in [2.24, 2.45) is 5.73 Å². The first-order valence-electron chi connectivity index (χ1n) is 5.48. The number of hydrogen-bond donors (Lipinski definition) is 2. The molecule has 0 aromatic carbocycles. The topological polar surface area (TPSA) is 38.0 Å². The van der Waals surface area contributed by atoms with E-state index in [4.69, 9.17) is 5.73 Å². The van der Waals surface area contributed by atoms with Crippen LogP contribution in [0.3, 0.4) is 0 Å². The Hall–Kier alpha value is -0.340. The minimum Gasteiger partial charge on any atom is -0.329 e. The largest absolute Gasteiger partial charge is 0.329 e. The Morgan fingerprint density at radius 2 is 2.46 bits per heavy atom. The summed E-state index contributed by atoms with van der Waals surface area (Å²) >= 11 is 0. The lowest BCUT2D eigenvalue weighted by Gasteiger charge is -2.14. The monoisotopic (exact) mass is 182 g/mol. The van der Waals surface area contributed by atoms with Crippen LogP contribution in [0.4, 0.5) is 0 Å². The minimum absolute atomic E-state index is 0.516. The molecule has 0 bridgehead atoms. The number of rotatable bonds is 6. The first-order valence-corrected chi connectivity index (χ1v) is 5.48. The lowest BCUT2D eigenvalue weighted by molar-refractivity contribution is 0.507. The molecule has 2 nitrogen and oxygen atoms in total. The molecule has 2 heteroatoms. The van der Waals surface area contributed by atoms with E-state index in [0.717, 1.165) is 19.5 Å². The van der Waals surface area contributed by atoms with Crippen molar-refractivity contribution < 1.29 is 0 Å². The van der Waals surface area contributed by atoms with Crippen molar-refractivity contribution in [3.05, 3.63) is 11.6 Å². The van der Waals surface area contributed by atoms with Crippen LogP contribution in [-0.4, -0.2) is 19.1 Å². The van der Waals surface area contributed by atoms with Gasteiger partial charge in [0.25, 0.3) is 0 Å². The van der Waals surface area contributed by atoms with Crippen LogP contribution in [0.2, 0.25) is 0 Å². The molecular weight excluding hydrogens is 160 g/mol. The van der Waals surface area contributed by atoms with Crippen LogP contribution in [0, 0.1) is 0 Å². The minimum atomic E-state index is 0.516. The molecule has 0 amide bonds. The summed E-state index contributed by atoms with van der Waals surface area (Å²) in [6.07, 6.45) is 8.73. The lowest BCUT2D eigenvalue weighted by Crippen LogP contribution is -2.36. The summed E-state index contributed by atoms with van der Waals surface area (Å²) in [5, 5.41) is 3.48. The van der Waals surface area contributed by atoms with Gasteiger partial charge in [0, 0.05) is 12.6 Å². The molecule has 0 aliphatic heterocycles. The van der Waals surface area contributed by atoms with Gasteiger partial charge in [-0.3, -0.25) is 0 Å². The molecule has 1 unspecified atom stereocenters. The van der Waals surface area contributed by atoms with Gasteiger partial charge in [-0.05, 0) is 38.6 Å². The highest BCUT2D eigenvalue weighted by molar-refractivity contribution is 5.07. The molecule has 1 aliphatic carbocycles. The van der Waals surface area contributed by atoms with E-state index in [2.05, 4.69) is 18.3 Å². The zero-order valence-electron chi connectivity index (χ0n) is 8.68. The van der Waals surface area contributed by atoms with Gasteiger partial charge in [-0.25, -0.2) is 0 Å². The highest BCUT2D eigenvalue weighted by atomic mass is 14.9. The SMILES string of the molecule is CCC(CN)NCCC1=CCCC1. The molecule has 0 heterocycles. The Morgan fingerprint density at radius 3 is 3.00 bits per heavy atom. The zero-order chi connectivity index (χ0) is 9.52. The third-order valence-electron chi connectivity index (χ3n) is 2.79. The predicted octanol–water partition coefficient (Wildman–Crippen LogP) is 1.81. The normalized spacial score (nSPS) is 18.8. The van der Waals surface area contributed by atoms with Gasteiger partial charge in [0.15, 0.2) is 0 Å². The van der Waals surface area contributed by atoms with Crippen LogP contribution < -0.4 is 11.1 Å². The number of hydrogen-bond acceptors (Lipinski definition) is 2. The molecule has 0 aromatic heterocycles. The molecule has 0 spiro atoms. The van der Waals surface area contributed by atoms with E-state index >= 15 is 0 Å². The first-order chi connectivity index (χ1) is 6.36. The van der Waals surface area contributed by atoms with E-state index in [1.165, 1.54) is 25.7 Å². The average Bonchev–Trinajstić information content (AvgIpc) is 2.65. The Labute approximate surface area is 81.6 Å². The van der Waals surface area contributed by atoms with Crippen molar-refractivity contribution in [2.45, 2.75) is 45.1 Å². The van der Waals surface area contributed by atoms with Crippen LogP contribution in [-0.2, 0) is 0 Å². The van der Waals surface area contributed by atoms with Crippen LogP contribution in [0.15, 0.2) is 11.6 Å². The molecule has 76 valence electrons. The highest BCUT2D eigenvalue weighted by Crippen LogP contribution is 2.19. The van der Waals surface area contributed by atoms with Crippen LogP contribution in [0.5, 0.6) is 0 Å². The van der Waals surface area contributed by atoms with Gasteiger partial charge in [0.1, 0.15) is 0 Å². The fourth-order valence-corrected chi connectivity index (χ4v) is 1.80. The van der Waals surface area contributed by atoms with E-state index in [0.29, 0.717) is 6.04 Å². The van der Waals surface area contributed by atoms with E-state index < -0.39 is 0 Å². The Bertz CT molecular complexity index is 159. The van der Waals surface area contributed by atoms with Crippen molar-refractivity contribution in [2.75, 3.05) is 13.1 Å². The predicted molar refractivity (Wildman–Crippen MR) is 57.7 cm³/mol. The summed E-state index contributed by atoms with van der Waals surface area (Å²) in [6, 6.07) is 0.516. The number of nitrogens with one attached hydrogen (secondary N) is 1. The zero-order valence-corrected chi connectivity index (χ0v) is 8.68. The average molecular weight is 182 g/mol. The molecule has 0 aromatic rings. The standard InChI is InChI=1S/C11H22N2/c1-2-11(9-12)13-8-7-10-5-3-4-6-10/h5,11,13H,2-4,6-9,12H2,1H3. The molecule has 1 atom stereocenters. The maximum absolute atomic E-state index is 5.60. The first kappa shape index (κ1) is 10.7. The fraction of sp³-hybridized carbons (Fsp3) is 0.818. The Balaban J connectivity index is 2.05. The summed E-state index contributed by atoms with van der Waals surface area (Å²) in [5.41, 5.74) is 7.24. The van der Waals surface area contributed by atoms with Gasteiger partial charge >= 0.3 is 0 Å². The van der Waals surface area contributed by atoms with Crippen molar-refractivity contribution in [3.8, 4) is 0 Å². The molecule has 1 aliphatic rings. The molecule has 0 radical (unpaired) electrons. The summed E-state index contributed by atoms with van der Waals surface area (Å²) in [7, 11) is 0. The van der Waals surface area contributed by atoms with Gasteiger partial charge in [0.05, 0.1) is 0 Å². The maximum atomic E-state index is 5.60. The molecule has 3 N–H and O–H groups in total. The van der Waals surface area contributed by atoms with Crippen molar-refractivity contribution in [1.82, 2.24) is 5.32 Å². The fourth-order valence-electron chi connectivity index (χ4n) is 1.80. The summed E-state index contributed by atoms with van der Waals surface area (Å²) < 4.78 is 0. The van der Waals surface area contributed by atoms with Crippen LogP contribution in [0.1, 0.15) is 39.0 Å². The van der Waals surface area contributed by atoms with Crippen molar-refractivity contribution in [3.63, 3.8) is 0 Å². The quantitative estimate of drug-likeness (QED) is 0.615. The van der Waals surface area contributed by atoms with Gasteiger partial charge in [-0.1, -0.05) is 18.6 Å². The summed E-state index contributed by atoms with van der Waals surface area (Å²) in [4.78, 5) is 0. The van der Waals surface area contributed by atoms with Crippen LogP contribution >= 0.6 is 0 Å². The molecule has 1 rings (SSSR count). The van der Waals surface area contributed by atoms with E-state index in [1.807, 2.05) is 0 Å². The van der Waals surface area contributed by atoms with Gasteiger partial charge < -0.3 is 11.1 Å². The summed E-state index contributed by atoms with van der Waals surface area (Å²) in [6.45, 7) is 4.04. The Morgan fingerprint density at radius 1 is 1.62 bits per heavy atom. The second kappa shape index (κ2) is 6.17. The molecule has 0 saturated heterocycles. The smallest absolute Gasteiger partial charge is 0.0187 e. The molecule has 0 saturated carbocycles. The van der Waals surface area contributed by atoms with E-state index in [9.17, 15) is 0 Å². The number of nitrogens with two attached hydrogens (primary N) is 1. The Kier molecular flexibility index (Phi) is 5.09. The second-order valence-electron chi connectivity index (χ2n) is 3.80. The maximum Gasteiger partial charge on any atom is 0.0187 e. The van der Waals surface area contributed by atoms with Crippen molar-refractivity contribution >= 4 is 0 Å². The number of allylic oxidation sites excluding steroid dienone is 1. The van der Waals surface area contributed by atoms with Crippen molar-refractivity contribution in [1.29, 1.82) is 0 Å². The van der Waals surface area contributed by atoms with E-state index in [-0.39, 0.29) is 0 Å².